The van der Waals surface area contributed by atoms with Crippen molar-refractivity contribution < 1.29 is 21.9 Å². The zero-order valence-electron chi connectivity index (χ0n) is 8.66. The van der Waals surface area contributed by atoms with Crippen LogP contribution in [0.25, 0.3) is 0 Å². The van der Waals surface area contributed by atoms with Crippen molar-refractivity contribution in [1.82, 2.24) is 0 Å². The highest BCUT2D eigenvalue weighted by Crippen LogP contribution is 2.38. The molecule has 1 aliphatic rings. The first kappa shape index (κ1) is 13.0. The summed E-state index contributed by atoms with van der Waals surface area (Å²) >= 11 is 0.605. The van der Waals surface area contributed by atoms with Crippen molar-refractivity contribution in [1.29, 1.82) is 0 Å². The number of fused-ring (bicyclic) bond motifs is 1. The van der Waals surface area contributed by atoms with Crippen LogP contribution in [0.15, 0.2) is 14.5 Å². The zero-order chi connectivity index (χ0) is 12.8. The van der Waals surface area contributed by atoms with Crippen LogP contribution in [0.1, 0.15) is 24.5 Å². The minimum atomic E-state index is -3.94. The van der Waals surface area contributed by atoms with Crippen molar-refractivity contribution in [2.45, 2.75) is 27.4 Å². The summed E-state index contributed by atoms with van der Waals surface area (Å²) in [4.78, 5) is 0. The predicted octanol–water partition coefficient (Wildman–Crippen LogP) is -0.00360. The molecular weight excluding hydrogens is 286 g/mol. The number of rotatable bonds is 1. The topological polar surface area (TPSA) is 115 Å². The molecule has 0 saturated heterocycles. The summed E-state index contributed by atoms with van der Waals surface area (Å²) in [6.45, 7) is 0. The van der Waals surface area contributed by atoms with E-state index < -0.39 is 26.0 Å². The predicted molar refractivity (Wildman–Crippen MR) is 61.9 cm³/mol. The maximum Gasteiger partial charge on any atom is 0.247 e. The molecule has 9 heteroatoms. The number of primary sulfonamides is 1. The third kappa shape index (κ3) is 2.38. The molecule has 0 spiro atoms. The molecule has 1 aromatic rings. The Morgan fingerprint density at radius 2 is 2.12 bits per heavy atom. The first-order valence-corrected chi connectivity index (χ1v) is 8.81. The summed E-state index contributed by atoms with van der Waals surface area (Å²) in [5.41, 5.74) is 0.150. The van der Waals surface area contributed by atoms with Gasteiger partial charge in [-0.05, 0) is 18.9 Å². The van der Waals surface area contributed by atoms with Crippen LogP contribution in [0.2, 0.25) is 0 Å². The minimum absolute atomic E-state index is 0.0773. The van der Waals surface area contributed by atoms with Crippen molar-refractivity contribution in [3.05, 3.63) is 11.6 Å². The maximum absolute atomic E-state index is 11.8. The molecule has 96 valence electrons. The van der Waals surface area contributed by atoms with Crippen LogP contribution in [-0.4, -0.2) is 27.7 Å². The number of aliphatic hydroxyl groups is 1. The van der Waals surface area contributed by atoms with Gasteiger partial charge in [0.15, 0.2) is 9.84 Å². The lowest BCUT2D eigenvalue weighted by Crippen LogP contribution is -2.10. The van der Waals surface area contributed by atoms with E-state index in [1.165, 1.54) is 0 Å². The van der Waals surface area contributed by atoms with Gasteiger partial charge in [-0.1, -0.05) is 0 Å². The first-order chi connectivity index (χ1) is 7.72. The first-order valence-electron chi connectivity index (χ1n) is 4.79. The van der Waals surface area contributed by atoms with Crippen LogP contribution in [0, 0.1) is 0 Å². The summed E-state index contributed by atoms with van der Waals surface area (Å²) in [5.74, 6) is -0.0817. The highest BCUT2D eigenvalue weighted by atomic mass is 32.3. The maximum atomic E-state index is 11.8. The van der Waals surface area contributed by atoms with E-state index in [1.54, 1.807) is 0 Å². The number of nitrogens with two attached hydrogens (primary N) is 1. The molecule has 0 aromatic carbocycles. The summed E-state index contributed by atoms with van der Waals surface area (Å²) in [6.07, 6.45) is -0.295. The van der Waals surface area contributed by atoms with Gasteiger partial charge in [0.25, 0.3) is 0 Å². The van der Waals surface area contributed by atoms with Crippen LogP contribution >= 0.6 is 11.3 Å². The smallest absolute Gasteiger partial charge is 0.247 e. The summed E-state index contributed by atoms with van der Waals surface area (Å²) in [7, 11) is -7.45. The lowest BCUT2D eigenvalue weighted by atomic mass is 10.1. The molecule has 0 radical (unpaired) electrons. The van der Waals surface area contributed by atoms with Gasteiger partial charge < -0.3 is 5.11 Å². The van der Waals surface area contributed by atoms with Gasteiger partial charge >= 0.3 is 0 Å². The largest absolute Gasteiger partial charge is 0.388 e. The van der Waals surface area contributed by atoms with Crippen LogP contribution in [0.5, 0.6) is 0 Å². The van der Waals surface area contributed by atoms with E-state index in [-0.39, 0.29) is 19.7 Å². The SMILES string of the molecule is NS(=O)(=O)c1cc2c(s1)S(=O)(=O)CCCC2O. The average Bonchev–Trinajstić information content (AvgIpc) is 2.57. The summed E-state index contributed by atoms with van der Waals surface area (Å²) in [5, 5.41) is 14.7. The van der Waals surface area contributed by atoms with Gasteiger partial charge in [0, 0.05) is 5.56 Å². The third-order valence-electron chi connectivity index (χ3n) is 2.51. The van der Waals surface area contributed by atoms with E-state index in [4.69, 9.17) is 5.14 Å². The Morgan fingerprint density at radius 3 is 2.71 bits per heavy atom. The molecule has 17 heavy (non-hydrogen) atoms. The Morgan fingerprint density at radius 1 is 1.47 bits per heavy atom. The van der Waals surface area contributed by atoms with Gasteiger partial charge in [-0.25, -0.2) is 22.0 Å². The van der Waals surface area contributed by atoms with Crippen LogP contribution in [0.4, 0.5) is 0 Å². The normalized spacial score (nSPS) is 24.0. The molecule has 0 fully saturated rings. The Labute approximate surface area is 103 Å². The number of thiophene rings is 1. The number of sulfonamides is 1. The van der Waals surface area contributed by atoms with Crippen molar-refractivity contribution >= 4 is 31.2 Å². The summed E-state index contributed by atoms with van der Waals surface area (Å²) in [6, 6.07) is 1.16. The van der Waals surface area contributed by atoms with Gasteiger partial charge in [0.1, 0.15) is 8.42 Å². The zero-order valence-corrected chi connectivity index (χ0v) is 11.1. The third-order valence-corrected chi connectivity index (χ3v) is 7.52. The Kier molecular flexibility index (Phi) is 3.07. The quantitative estimate of drug-likeness (QED) is 0.757. The van der Waals surface area contributed by atoms with E-state index in [9.17, 15) is 21.9 Å². The average molecular weight is 297 g/mol. The number of hydrogen-bond acceptors (Lipinski definition) is 6. The molecular formula is C8H11NO5S3. The lowest BCUT2D eigenvalue weighted by molar-refractivity contribution is 0.166. The second-order valence-corrected chi connectivity index (χ2v) is 8.98. The lowest BCUT2D eigenvalue weighted by Gasteiger charge is -2.04. The van der Waals surface area contributed by atoms with E-state index in [2.05, 4.69) is 0 Å². The van der Waals surface area contributed by atoms with Gasteiger partial charge in [0.2, 0.25) is 10.0 Å². The van der Waals surface area contributed by atoms with Crippen LogP contribution < -0.4 is 5.14 Å². The highest BCUT2D eigenvalue weighted by molar-refractivity contribution is 7.95. The van der Waals surface area contributed by atoms with Crippen molar-refractivity contribution in [2.75, 3.05) is 5.75 Å². The van der Waals surface area contributed by atoms with E-state index in [0.717, 1.165) is 6.07 Å². The standard InChI is InChI=1S/C8H11NO5S3/c9-17(13,14)7-4-5-6(10)2-1-3-16(11,12)8(5)15-7/h4,6,10H,1-3H2,(H2,9,13,14). The molecule has 3 N–H and O–H groups in total. The molecule has 1 unspecified atom stereocenters. The van der Waals surface area contributed by atoms with Crippen molar-refractivity contribution in [3.8, 4) is 0 Å². The molecule has 2 heterocycles. The fraction of sp³-hybridized carbons (Fsp3) is 0.500. The highest BCUT2D eigenvalue weighted by Gasteiger charge is 2.31. The van der Waals surface area contributed by atoms with Gasteiger partial charge in [-0.3, -0.25) is 0 Å². The monoisotopic (exact) mass is 297 g/mol. The van der Waals surface area contributed by atoms with Gasteiger partial charge in [-0.15, -0.1) is 11.3 Å². The fourth-order valence-electron chi connectivity index (χ4n) is 1.70. The second-order valence-electron chi connectivity index (χ2n) is 3.83. The molecule has 6 nitrogen and oxygen atoms in total. The Bertz CT molecular complexity index is 643. The van der Waals surface area contributed by atoms with Gasteiger partial charge in [0.05, 0.1) is 11.9 Å². The molecule has 0 amide bonds. The van der Waals surface area contributed by atoms with Crippen molar-refractivity contribution in [2.24, 2.45) is 5.14 Å². The van der Waals surface area contributed by atoms with Crippen LogP contribution in [0.3, 0.4) is 0 Å². The Hall–Kier alpha value is -0.480. The van der Waals surface area contributed by atoms with Crippen LogP contribution in [-0.2, 0) is 19.9 Å². The molecule has 1 aliphatic heterocycles. The summed E-state index contributed by atoms with van der Waals surface area (Å²) < 4.78 is 45.7. The van der Waals surface area contributed by atoms with E-state index in [0.29, 0.717) is 24.2 Å². The molecule has 0 bridgehead atoms. The van der Waals surface area contributed by atoms with Crippen molar-refractivity contribution in [3.63, 3.8) is 0 Å². The van der Waals surface area contributed by atoms with E-state index in [1.807, 2.05) is 0 Å². The fourth-order valence-corrected chi connectivity index (χ4v) is 5.85. The molecule has 0 aliphatic carbocycles. The minimum Gasteiger partial charge on any atom is -0.388 e. The number of aliphatic hydroxyl groups excluding tert-OH is 1. The van der Waals surface area contributed by atoms with E-state index >= 15 is 0 Å². The molecule has 0 saturated carbocycles. The Balaban J connectivity index is 2.70. The number of hydrogen-bond donors (Lipinski definition) is 2. The number of sulfone groups is 1. The molecule has 1 atom stereocenters. The van der Waals surface area contributed by atoms with Gasteiger partial charge in [-0.2, -0.15) is 0 Å². The molecule has 1 aromatic heterocycles. The molecule has 2 rings (SSSR count). The second kappa shape index (κ2) is 4.02.